The first-order valence-electron chi connectivity index (χ1n) is 4.98. The molecule has 5 N–H and O–H groups in total. The Morgan fingerprint density at radius 3 is 2.13 bits per heavy atom. The molecule has 90 valence electrons. The maximum absolute atomic E-state index is 11.1. The normalized spacial score (nSPS) is 11.5. The van der Waals surface area contributed by atoms with Gasteiger partial charge in [-0.1, -0.05) is 0 Å². The lowest BCUT2D eigenvalue weighted by atomic mass is 10.0. The number of aliphatic hydroxyl groups is 3. The van der Waals surface area contributed by atoms with Gasteiger partial charge >= 0.3 is 0 Å². The van der Waals surface area contributed by atoms with E-state index >= 15 is 0 Å². The van der Waals surface area contributed by atoms with Crippen LogP contribution in [0, 0.1) is 0 Å². The smallest absolute Gasteiger partial charge is 0.221 e. The zero-order chi connectivity index (χ0) is 11.7. The molecule has 0 aliphatic carbocycles. The van der Waals surface area contributed by atoms with Gasteiger partial charge in [-0.2, -0.15) is 0 Å². The Kier molecular flexibility index (Phi) is 7.23. The quantitative estimate of drug-likeness (QED) is 0.320. The van der Waals surface area contributed by atoms with Gasteiger partial charge < -0.3 is 26.0 Å². The standard InChI is InChI=1S/C9H20N2O4/c1-2-10-8(15)3-4-11-9(5-12,6-13)7-14/h11-14H,2-7H2,1H3,(H,10,15). The van der Waals surface area contributed by atoms with Crippen molar-refractivity contribution in [2.24, 2.45) is 0 Å². The molecule has 6 heteroatoms. The molecule has 0 bridgehead atoms. The van der Waals surface area contributed by atoms with Gasteiger partial charge in [-0.15, -0.1) is 0 Å². The molecule has 0 fully saturated rings. The molecule has 6 nitrogen and oxygen atoms in total. The number of hydrogen-bond acceptors (Lipinski definition) is 5. The van der Waals surface area contributed by atoms with Gasteiger partial charge in [0.15, 0.2) is 0 Å². The molecule has 0 heterocycles. The van der Waals surface area contributed by atoms with Crippen LogP contribution in [0.3, 0.4) is 0 Å². The number of hydrogen-bond donors (Lipinski definition) is 5. The van der Waals surface area contributed by atoms with Crippen LogP contribution in [-0.2, 0) is 4.79 Å². The van der Waals surface area contributed by atoms with Crippen LogP contribution in [0.2, 0.25) is 0 Å². The Bertz CT molecular complexity index is 175. The Morgan fingerprint density at radius 1 is 1.20 bits per heavy atom. The van der Waals surface area contributed by atoms with E-state index in [0.29, 0.717) is 13.1 Å². The summed E-state index contributed by atoms with van der Waals surface area (Å²) in [5, 5.41) is 32.3. The molecule has 15 heavy (non-hydrogen) atoms. The molecule has 0 saturated heterocycles. The van der Waals surface area contributed by atoms with Crippen molar-refractivity contribution in [2.75, 3.05) is 32.9 Å². The predicted octanol–water partition coefficient (Wildman–Crippen LogP) is -2.18. The van der Waals surface area contributed by atoms with Gasteiger partial charge in [0.25, 0.3) is 0 Å². The van der Waals surface area contributed by atoms with Crippen LogP contribution in [0.25, 0.3) is 0 Å². The van der Waals surface area contributed by atoms with Gasteiger partial charge in [0.1, 0.15) is 0 Å². The number of rotatable bonds is 8. The summed E-state index contributed by atoms with van der Waals surface area (Å²) in [6.07, 6.45) is 0.246. The third-order valence-electron chi connectivity index (χ3n) is 2.13. The van der Waals surface area contributed by atoms with Crippen LogP contribution in [0.15, 0.2) is 0 Å². The number of nitrogens with one attached hydrogen (secondary N) is 2. The molecule has 0 saturated carbocycles. The van der Waals surface area contributed by atoms with Crippen molar-refractivity contribution in [3.05, 3.63) is 0 Å². The molecule has 0 spiro atoms. The summed E-state index contributed by atoms with van der Waals surface area (Å²) < 4.78 is 0. The second-order valence-corrected chi connectivity index (χ2v) is 3.38. The van der Waals surface area contributed by atoms with Crippen molar-refractivity contribution in [1.82, 2.24) is 10.6 Å². The Hall–Kier alpha value is -0.690. The second kappa shape index (κ2) is 7.58. The summed E-state index contributed by atoms with van der Waals surface area (Å²) in [5.41, 5.74) is -1.10. The Balaban J connectivity index is 3.85. The van der Waals surface area contributed by atoms with E-state index < -0.39 is 5.54 Å². The van der Waals surface area contributed by atoms with Crippen LogP contribution < -0.4 is 10.6 Å². The van der Waals surface area contributed by atoms with Crippen LogP contribution in [0.5, 0.6) is 0 Å². The number of carbonyl (C=O) groups is 1. The first-order valence-corrected chi connectivity index (χ1v) is 4.98. The van der Waals surface area contributed by atoms with Crippen molar-refractivity contribution < 1.29 is 20.1 Å². The zero-order valence-corrected chi connectivity index (χ0v) is 8.99. The second-order valence-electron chi connectivity index (χ2n) is 3.38. The van der Waals surface area contributed by atoms with E-state index in [0.717, 1.165) is 0 Å². The molecule has 0 rings (SSSR count). The highest BCUT2D eigenvalue weighted by Gasteiger charge is 2.26. The van der Waals surface area contributed by atoms with Gasteiger partial charge in [0.05, 0.1) is 25.4 Å². The fourth-order valence-corrected chi connectivity index (χ4v) is 1.04. The highest BCUT2D eigenvalue weighted by atomic mass is 16.3. The minimum absolute atomic E-state index is 0.104. The molecular weight excluding hydrogens is 200 g/mol. The average molecular weight is 220 g/mol. The minimum atomic E-state index is -1.10. The monoisotopic (exact) mass is 220 g/mol. The third kappa shape index (κ3) is 5.08. The van der Waals surface area contributed by atoms with Crippen molar-refractivity contribution >= 4 is 5.91 Å². The molecule has 1 amide bonds. The number of amides is 1. The number of aliphatic hydroxyl groups excluding tert-OH is 3. The van der Waals surface area contributed by atoms with E-state index in [1.54, 1.807) is 0 Å². The third-order valence-corrected chi connectivity index (χ3v) is 2.13. The molecule has 0 unspecified atom stereocenters. The summed E-state index contributed by atoms with van der Waals surface area (Å²) in [6, 6.07) is 0. The van der Waals surface area contributed by atoms with E-state index in [-0.39, 0.29) is 32.1 Å². The molecule has 0 aromatic rings. The lowest BCUT2D eigenvalue weighted by molar-refractivity contribution is -0.121. The van der Waals surface area contributed by atoms with Crippen LogP contribution >= 0.6 is 0 Å². The number of carbonyl (C=O) groups excluding carboxylic acids is 1. The van der Waals surface area contributed by atoms with Crippen LogP contribution in [-0.4, -0.2) is 59.7 Å². The van der Waals surface area contributed by atoms with Gasteiger partial charge in [0.2, 0.25) is 5.91 Å². The summed E-state index contributed by atoms with van der Waals surface area (Å²) in [7, 11) is 0. The largest absolute Gasteiger partial charge is 0.394 e. The van der Waals surface area contributed by atoms with Crippen molar-refractivity contribution in [3.8, 4) is 0 Å². The van der Waals surface area contributed by atoms with E-state index in [1.165, 1.54) is 0 Å². The summed E-state index contributed by atoms with van der Waals surface area (Å²) >= 11 is 0. The lowest BCUT2D eigenvalue weighted by Gasteiger charge is -2.28. The molecule has 0 aliphatic heterocycles. The molecule has 0 aromatic carbocycles. The van der Waals surface area contributed by atoms with Crippen molar-refractivity contribution in [2.45, 2.75) is 18.9 Å². The first kappa shape index (κ1) is 14.3. The fourth-order valence-electron chi connectivity index (χ4n) is 1.04. The molecule has 0 radical (unpaired) electrons. The lowest BCUT2D eigenvalue weighted by Crippen LogP contribution is -2.55. The maximum Gasteiger partial charge on any atom is 0.221 e. The molecule has 0 aromatic heterocycles. The van der Waals surface area contributed by atoms with Crippen molar-refractivity contribution in [3.63, 3.8) is 0 Å². The van der Waals surface area contributed by atoms with Gasteiger partial charge in [-0.25, -0.2) is 0 Å². The Morgan fingerprint density at radius 2 is 1.73 bits per heavy atom. The summed E-state index contributed by atoms with van der Waals surface area (Å²) in [4.78, 5) is 11.1. The van der Waals surface area contributed by atoms with E-state index in [9.17, 15) is 4.79 Å². The van der Waals surface area contributed by atoms with Crippen LogP contribution in [0.1, 0.15) is 13.3 Å². The highest BCUT2D eigenvalue weighted by molar-refractivity contribution is 5.75. The van der Waals surface area contributed by atoms with Gasteiger partial charge in [-0.3, -0.25) is 4.79 Å². The van der Waals surface area contributed by atoms with Crippen LogP contribution in [0.4, 0.5) is 0 Å². The summed E-state index contributed by atoms with van der Waals surface area (Å²) in [6.45, 7) is 1.56. The predicted molar refractivity (Wildman–Crippen MR) is 55.3 cm³/mol. The molecular formula is C9H20N2O4. The minimum Gasteiger partial charge on any atom is -0.394 e. The van der Waals surface area contributed by atoms with E-state index in [1.807, 2.05) is 6.92 Å². The maximum atomic E-state index is 11.1. The first-order chi connectivity index (χ1) is 7.14. The zero-order valence-electron chi connectivity index (χ0n) is 8.99. The Labute approximate surface area is 89.3 Å². The van der Waals surface area contributed by atoms with Crippen molar-refractivity contribution in [1.29, 1.82) is 0 Å². The van der Waals surface area contributed by atoms with E-state index in [2.05, 4.69) is 10.6 Å². The van der Waals surface area contributed by atoms with E-state index in [4.69, 9.17) is 15.3 Å². The summed E-state index contributed by atoms with van der Waals surface area (Å²) in [5.74, 6) is -0.104. The van der Waals surface area contributed by atoms with Gasteiger partial charge in [0, 0.05) is 19.5 Å². The SMILES string of the molecule is CCNC(=O)CCNC(CO)(CO)CO. The topological polar surface area (TPSA) is 102 Å². The molecule has 0 atom stereocenters. The molecule has 0 aliphatic rings. The fraction of sp³-hybridized carbons (Fsp3) is 0.889. The average Bonchev–Trinajstić information content (AvgIpc) is 2.25. The highest BCUT2D eigenvalue weighted by Crippen LogP contribution is 2.00. The van der Waals surface area contributed by atoms with Gasteiger partial charge in [-0.05, 0) is 6.92 Å².